The number of aromatic nitrogens is 1. The molecule has 8 heteroatoms. The fraction of sp³-hybridized carbons (Fsp3) is 0. The molecule has 1 aromatic carbocycles. The summed E-state index contributed by atoms with van der Waals surface area (Å²) in [5.41, 5.74) is 4.75. The number of rotatable bonds is 3. The van der Waals surface area contributed by atoms with E-state index in [1.165, 1.54) is 10.6 Å². The second-order valence-corrected chi connectivity index (χ2v) is 3.70. The zero-order valence-electron chi connectivity index (χ0n) is 9.59. The lowest BCUT2D eigenvalue weighted by molar-refractivity contribution is -0.600. The van der Waals surface area contributed by atoms with Crippen LogP contribution in [0.3, 0.4) is 0 Å². The normalized spacial score (nSPS) is 10.1. The summed E-state index contributed by atoms with van der Waals surface area (Å²) in [4.78, 5) is 20.3. The third-order valence-corrected chi connectivity index (χ3v) is 2.51. The number of nitrogens with zero attached hydrogens (tertiary/aromatic N) is 3. The van der Waals surface area contributed by atoms with Gasteiger partial charge in [-0.15, -0.1) is 0 Å². The zero-order chi connectivity index (χ0) is 14.0. The molecule has 0 aliphatic heterocycles. The van der Waals surface area contributed by atoms with Gasteiger partial charge in [-0.05, 0) is 0 Å². The van der Waals surface area contributed by atoms with Gasteiger partial charge in [0.2, 0.25) is 0 Å². The molecule has 0 saturated carbocycles. The van der Waals surface area contributed by atoms with Crippen molar-refractivity contribution in [2.75, 3.05) is 5.73 Å². The van der Waals surface area contributed by atoms with Gasteiger partial charge in [0.05, 0.1) is 9.85 Å². The fourth-order valence-corrected chi connectivity index (χ4v) is 1.65. The summed E-state index contributed by atoms with van der Waals surface area (Å²) in [6, 6.07) is 7.20. The zero-order valence-corrected chi connectivity index (χ0v) is 9.59. The number of hydrogen-bond acceptors (Lipinski definition) is 5. The van der Waals surface area contributed by atoms with Crippen molar-refractivity contribution in [3.8, 4) is 5.69 Å². The van der Waals surface area contributed by atoms with Crippen molar-refractivity contribution < 1.29 is 14.4 Å². The molecule has 0 aliphatic rings. The Morgan fingerprint density at radius 3 is 2.05 bits per heavy atom. The first kappa shape index (κ1) is 12.4. The highest BCUT2D eigenvalue weighted by Crippen LogP contribution is 2.30. The minimum atomic E-state index is -0.748. The van der Waals surface area contributed by atoms with E-state index in [9.17, 15) is 20.2 Å². The van der Waals surface area contributed by atoms with E-state index in [2.05, 4.69) is 0 Å². The van der Waals surface area contributed by atoms with Gasteiger partial charge in [-0.2, -0.15) is 4.57 Å². The Kier molecular flexibility index (Phi) is 3.06. The van der Waals surface area contributed by atoms with Crippen LogP contribution < -0.4 is 10.3 Å². The largest absolute Gasteiger partial charge is 0.393 e. The molecule has 1 aromatic heterocycles. The summed E-state index contributed by atoms with van der Waals surface area (Å²) in [6.45, 7) is 0. The summed E-state index contributed by atoms with van der Waals surface area (Å²) in [5, 5.41) is 21.8. The van der Waals surface area contributed by atoms with E-state index >= 15 is 0 Å². The van der Waals surface area contributed by atoms with E-state index in [4.69, 9.17) is 5.73 Å². The van der Waals surface area contributed by atoms with E-state index in [-0.39, 0.29) is 17.1 Å². The van der Waals surface area contributed by atoms with Crippen LogP contribution in [0, 0.1) is 20.2 Å². The second-order valence-electron chi connectivity index (χ2n) is 3.70. The van der Waals surface area contributed by atoms with Crippen molar-refractivity contribution in [3.05, 3.63) is 63.0 Å². The molecule has 0 bridgehead atoms. The lowest BCUT2D eigenvalue weighted by Crippen LogP contribution is -2.30. The van der Waals surface area contributed by atoms with Crippen molar-refractivity contribution in [2.45, 2.75) is 0 Å². The highest BCUT2D eigenvalue weighted by atomic mass is 16.6. The molecule has 0 spiro atoms. The number of benzene rings is 1. The maximum atomic E-state index is 11.0. The second kappa shape index (κ2) is 4.69. The smallest absolute Gasteiger partial charge is 0.347 e. The highest BCUT2D eigenvalue weighted by molar-refractivity contribution is 5.68. The number of pyridine rings is 1. The van der Waals surface area contributed by atoms with Gasteiger partial charge in [0.25, 0.3) is 11.4 Å². The molecule has 2 rings (SSSR count). The van der Waals surface area contributed by atoms with Gasteiger partial charge < -0.3 is 5.73 Å². The van der Waals surface area contributed by atoms with E-state index < -0.39 is 15.5 Å². The van der Waals surface area contributed by atoms with Gasteiger partial charge in [-0.25, -0.2) is 0 Å². The van der Waals surface area contributed by atoms with E-state index in [0.29, 0.717) is 0 Å². The summed E-state index contributed by atoms with van der Waals surface area (Å²) >= 11 is 0. The Hall–Kier alpha value is -3.03. The Morgan fingerprint density at radius 2 is 1.53 bits per heavy atom. The van der Waals surface area contributed by atoms with Crippen LogP contribution >= 0.6 is 0 Å². The third-order valence-electron chi connectivity index (χ3n) is 2.51. The molecule has 19 heavy (non-hydrogen) atoms. The molecule has 8 nitrogen and oxygen atoms in total. The van der Waals surface area contributed by atoms with Gasteiger partial charge in [0, 0.05) is 18.2 Å². The number of nitro benzene ring substituents is 2. The molecule has 0 radical (unpaired) electrons. The van der Waals surface area contributed by atoms with Gasteiger partial charge in [0.1, 0.15) is 11.8 Å². The molecule has 0 atom stereocenters. The molecule has 0 unspecified atom stereocenters. The SMILES string of the molecule is Nc1cc(-[n+]2ccccc2)c([N+](=O)[O-])cc1[N+](=O)[O-]. The molecule has 0 aliphatic carbocycles. The fourth-order valence-electron chi connectivity index (χ4n) is 1.65. The average Bonchev–Trinajstić information content (AvgIpc) is 2.38. The number of anilines is 1. The van der Waals surface area contributed by atoms with Gasteiger partial charge in [-0.1, -0.05) is 6.07 Å². The standard InChI is InChI=1S/C11H9N4O4/c12-8-6-10(13-4-2-1-3-5-13)11(15(18)19)7-9(8)14(16)17/h1-7H,12H2/q+1. The van der Waals surface area contributed by atoms with Crippen LogP contribution in [0.5, 0.6) is 0 Å². The minimum Gasteiger partial charge on any atom is -0.393 e. The van der Waals surface area contributed by atoms with Crippen LogP contribution in [0.4, 0.5) is 17.1 Å². The summed E-state index contributed by atoms with van der Waals surface area (Å²) in [7, 11) is 0. The number of nitro groups is 2. The lowest BCUT2D eigenvalue weighted by atomic mass is 10.2. The Bertz CT molecular complexity index is 657. The maximum absolute atomic E-state index is 11.0. The quantitative estimate of drug-likeness (QED) is 0.387. The molecule has 2 N–H and O–H groups in total. The van der Waals surface area contributed by atoms with Crippen LogP contribution in [0.2, 0.25) is 0 Å². The first-order valence-corrected chi connectivity index (χ1v) is 5.19. The maximum Gasteiger partial charge on any atom is 0.347 e. The first-order valence-electron chi connectivity index (χ1n) is 5.19. The van der Waals surface area contributed by atoms with Gasteiger partial charge in [-0.3, -0.25) is 20.2 Å². The van der Waals surface area contributed by atoms with Crippen molar-refractivity contribution in [1.29, 1.82) is 0 Å². The van der Waals surface area contributed by atoms with E-state index in [0.717, 1.165) is 6.07 Å². The molecular formula is C11H9N4O4+. The lowest BCUT2D eigenvalue weighted by Gasteiger charge is -2.00. The Balaban J connectivity index is 2.71. The van der Waals surface area contributed by atoms with Crippen molar-refractivity contribution in [1.82, 2.24) is 0 Å². The molecule has 0 amide bonds. The Morgan fingerprint density at radius 1 is 0.947 bits per heavy atom. The van der Waals surface area contributed by atoms with Crippen LogP contribution in [0.15, 0.2) is 42.7 Å². The number of nitrogens with two attached hydrogens (primary N) is 1. The predicted octanol–water partition coefficient (Wildman–Crippen LogP) is 1.36. The topological polar surface area (TPSA) is 116 Å². The molecule has 0 fully saturated rings. The van der Waals surface area contributed by atoms with Crippen LogP contribution in [-0.4, -0.2) is 9.85 Å². The van der Waals surface area contributed by atoms with E-state index in [1.807, 2.05) is 0 Å². The van der Waals surface area contributed by atoms with E-state index in [1.54, 1.807) is 30.6 Å². The van der Waals surface area contributed by atoms with Crippen molar-refractivity contribution in [3.63, 3.8) is 0 Å². The van der Waals surface area contributed by atoms with Crippen LogP contribution in [0.25, 0.3) is 5.69 Å². The molecule has 96 valence electrons. The summed E-state index contributed by atoms with van der Waals surface area (Å²) < 4.78 is 1.47. The van der Waals surface area contributed by atoms with Gasteiger partial charge >= 0.3 is 5.69 Å². The van der Waals surface area contributed by atoms with Crippen molar-refractivity contribution in [2.24, 2.45) is 0 Å². The molecular weight excluding hydrogens is 252 g/mol. The Labute approximate surface area is 107 Å². The van der Waals surface area contributed by atoms with Crippen LogP contribution in [-0.2, 0) is 0 Å². The van der Waals surface area contributed by atoms with Crippen LogP contribution in [0.1, 0.15) is 0 Å². The number of hydrogen-bond donors (Lipinski definition) is 1. The van der Waals surface area contributed by atoms with Gasteiger partial charge in [0.15, 0.2) is 12.4 Å². The monoisotopic (exact) mass is 261 g/mol. The summed E-state index contributed by atoms with van der Waals surface area (Å²) in [5.74, 6) is 0. The average molecular weight is 261 g/mol. The highest BCUT2D eigenvalue weighted by Gasteiger charge is 2.28. The third kappa shape index (κ3) is 2.32. The summed E-state index contributed by atoms with van der Waals surface area (Å²) in [6.07, 6.45) is 3.18. The number of nitrogen functional groups attached to an aromatic ring is 1. The molecule has 0 saturated heterocycles. The minimum absolute atomic E-state index is 0.123. The molecule has 1 heterocycles. The first-order chi connectivity index (χ1) is 9.00. The molecule has 2 aromatic rings. The van der Waals surface area contributed by atoms with Crippen molar-refractivity contribution >= 4 is 17.1 Å². The predicted molar refractivity (Wildman–Crippen MR) is 65.7 cm³/mol.